The second kappa shape index (κ2) is 4.58. The molecule has 1 aliphatic rings. The molecule has 76 valence electrons. The van der Waals surface area contributed by atoms with E-state index in [4.69, 9.17) is 5.73 Å². The van der Waals surface area contributed by atoms with E-state index in [1.807, 2.05) is 0 Å². The highest BCUT2D eigenvalue weighted by Crippen LogP contribution is 2.27. The summed E-state index contributed by atoms with van der Waals surface area (Å²) in [5.74, 6) is 0.603. The number of rotatable bonds is 2. The SMILES string of the molecule is NC[C@@H]1CCCN[C@H]1c1ccccc1. The van der Waals surface area contributed by atoms with Crippen LogP contribution in [0.15, 0.2) is 30.3 Å². The molecule has 0 aromatic heterocycles. The largest absolute Gasteiger partial charge is 0.330 e. The lowest BCUT2D eigenvalue weighted by Gasteiger charge is -2.32. The van der Waals surface area contributed by atoms with E-state index in [-0.39, 0.29) is 0 Å². The normalized spacial score (nSPS) is 27.5. The lowest BCUT2D eigenvalue weighted by atomic mass is 9.86. The third kappa shape index (κ3) is 1.97. The van der Waals surface area contributed by atoms with Crippen molar-refractivity contribution in [2.24, 2.45) is 11.7 Å². The molecule has 2 rings (SSSR count). The summed E-state index contributed by atoms with van der Waals surface area (Å²) < 4.78 is 0. The highest BCUT2D eigenvalue weighted by molar-refractivity contribution is 5.20. The average Bonchev–Trinajstić information content (AvgIpc) is 2.30. The molecule has 2 nitrogen and oxygen atoms in total. The maximum atomic E-state index is 5.79. The van der Waals surface area contributed by atoms with Gasteiger partial charge in [0.25, 0.3) is 0 Å². The quantitative estimate of drug-likeness (QED) is 0.744. The van der Waals surface area contributed by atoms with Gasteiger partial charge in [-0.15, -0.1) is 0 Å². The zero-order valence-electron chi connectivity index (χ0n) is 8.45. The molecule has 2 atom stereocenters. The molecule has 0 unspecified atom stereocenters. The van der Waals surface area contributed by atoms with Gasteiger partial charge in [0.2, 0.25) is 0 Å². The Bertz CT molecular complexity index is 271. The van der Waals surface area contributed by atoms with Gasteiger partial charge in [0, 0.05) is 6.04 Å². The topological polar surface area (TPSA) is 38.0 Å². The van der Waals surface area contributed by atoms with Crippen LogP contribution in [0, 0.1) is 5.92 Å². The zero-order chi connectivity index (χ0) is 9.80. The summed E-state index contributed by atoms with van der Waals surface area (Å²) in [7, 11) is 0. The predicted molar refractivity (Wildman–Crippen MR) is 59.0 cm³/mol. The van der Waals surface area contributed by atoms with Crippen molar-refractivity contribution in [3.63, 3.8) is 0 Å². The molecule has 1 aromatic carbocycles. The van der Waals surface area contributed by atoms with Crippen LogP contribution < -0.4 is 11.1 Å². The van der Waals surface area contributed by atoms with Gasteiger partial charge < -0.3 is 11.1 Å². The van der Waals surface area contributed by atoms with E-state index in [1.165, 1.54) is 18.4 Å². The molecule has 1 aromatic rings. The number of piperidine rings is 1. The number of benzene rings is 1. The molecular formula is C12H18N2. The van der Waals surface area contributed by atoms with Crippen molar-refractivity contribution in [1.82, 2.24) is 5.32 Å². The van der Waals surface area contributed by atoms with Gasteiger partial charge in [-0.05, 0) is 37.4 Å². The van der Waals surface area contributed by atoms with Crippen LogP contribution >= 0.6 is 0 Å². The molecule has 0 saturated carbocycles. The Hall–Kier alpha value is -0.860. The van der Waals surface area contributed by atoms with E-state index in [1.54, 1.807) is 0 Å². The fourth-order valence-electron chi connectivity index (χ4n) is 2.26. The van der Waals surface area contributed by atoms with Crippen molar-refractivity contribution in [3.8, 4) is 0 Å². The maximum Gasteiger partial charge on any atom is 0.0360 e. The van der Waals surface area contributed by atoms with Crippen molar-refractivity contribution in [1.29, 1.82) is 0 Å². The molecule has 1 saturated heterocycles. The van der Waals surface area contributed by atoms with Gasteiger partial charge in [-0.1, -0.05) is 30.3 Å². The number of nitrogens with two attached hydrogens (primary N) is 1. The van der Waals surface area contributed by atoms with Crippen molar-refractivity contribution in [2.75, 3.05) is 13.1 Å². The minimum atomic E-state index is 0.468. The van der Waals surface area contributed by atoms with Gasteiger partial charge in [-0.25, -0.2) is 0 Å². The smallest absolute Gasteiger partial charge is 0.0360 e. The minimum absolute atomic E-state index is 0.468. The molecule has 3 N–H and O–H groups in total. The van der Waals surface area contributed by atoms with Gasteiger partial charge in [-0.2, -0.15) is 0 Å². The molecule has 1 fully saturated rings. The van der Waals surface area contributed by atoms with Crippen molar-refractivity contribution in [2.45, 2.75) is 18.9 Å². The lowest BCUT2D eigenvalue weighted by Crippen LogP contribution is -2.37. The second-order valence-corrected chi connectivity index (χ2v) is 3.98. The van der Waals surface area contributed by atoms with Gasteiger partial charge in [-0.3, -0.25) is 0 Å². The molecule has 1 aliphatic heterocycles. The second-order valence-electron chi connectivity index (χ2n) is 3.98. The molecule has 0 spiro atoms. The monoisotopic (exact) mass is 190 g/mol. The van der Waals surface area contributed by atoms with Crippen LogP contribution in [0.3, 0.4) is 0 Å². The summed E-state index contributed by atoms with van der Waals surface area (Å²) in [5.41, 5.74) is 7.17. The van der Waals surface area contributed by atoms with Crippen molar-refractivity contribution in [3.05, 3.63) is 35.9 Å². The minimum Gasteiger partial charge on any atom is -0.330 e. The van der Waals surface area contributed by atoms with Gasteiger partial charge in [0.15, 0.2) is 0 Å². The Balaban J connectivity index is 2.15. The van der Waals surface area contributed by atoms with E-state index in [0.29, 0.717) is 12.0 Å². The standard InChI is InChI=1S/C12H18N2/c13-9-11-7-4-8-14-12(11)10-5-2-1-3-6-10/h1-3,5-6,11-12,14H,4,7-9,13H2/t11-,12-/m0/s1. The first kappa shape index (κ1) is 9.69. The lowest BCUT2D eigenvalue weighted by molar-refractivity contribution is 0.291. The summed E-state index contributed by atoms with van der Waals surface area (Å²) in [6.45, 7) is 1.91. The first-order valence-electron chi connectivity index (χ1n) is 5.40. The Morgan fingerprint density at radius 2 is 2.07 bits per heavy atom. The van der Waals surface area contributed by atoms with Crippen LogP contribution in [0.5, 0.6) is 0 Å². The molecule has 0 amide bonds. The van der Waals surface area contributed by atoms with Crippen molar-refractivity contribution < 1.29 is 0 Å². The highest BCUT2D eigenvalue weighted by atomic mass is 14.9. The first-order valence-corrected chi connectivity index (χ1v) is 5.40. The van der Waals surface area contributed by atoms with E-state index in [2.05, 4.69) is 35.6 Å². The van der Waals surface area contributed by atoms with Crippen LogP contribution in [0.25, 0.3) is 0 Å². The highest BCUT2D eigenvalue weighted by Gasteiger charge is 2.24. The first-order chi connectivity index (χ1) is 6.92. The van der Waals surface area contributed by atoms with Crippen LogP contribution in [-0.4, -0.2) is 13.1 Å². The Kier molecular flexibility index (Phi) is 3.17. The predicted octanol–water partition coefficient (Wildman–Crippen LogP) is 1.69. The summed E-state index contributed by atoms with van der Waals surface area (Å²) in [4.78, 5) is 0. The molecule has 0 aliphatic carbocycles. The number of hydrogen-bond acceptors (Lipinski definition) is 2. The molecule has 0 bridgehead atoms. The van der Waals surface area contributed by atoms with Crippen LogP contribution in [-0.2, 0) is 0 Å². The van der Waals surface area contributed by atoms with Crippen LogP contribution in [0.2, 0.25) is 0 Å². The van der Waals surface area contributed by atoms with E-state index < -0.39 is 0 Å². The third-order valence-corrected chi connectivity index (χ3v) is 3.05. The van der Waals surface area contributed by atoms with E-state index in [0.717, 1.165) is 13.1 Å². The van der Waals surface area contributed by atoms with E-state index >= 15 is 0 Å². The fraction of sp³-hybridized carbons (Fsp3) is 0.500. The summed E-state index contributed by atoms with van der Waals surface area (Å²) in [6.07, 6.45) is 2.51. The van der Waals surface area contributed by atoms with Gasteiger partial charge >= 0.3 is 0 Å². The molecule has 0 radical (unpaired) electrons. The number of hydrogen-bond donors (Lipinski definition) is 2. The third-order valence-electron chi connectivity index (χ3n) is 3.05. The summed E-state index contributed by atoms with van der Waals surface area (Å²) >= 11 is 0. The molecular weight excluding hydrogens is 172 g/mol. The Morgan fingerprint density at radius 3 is 2.79 bits per heavy atom. The van der Waals surface area contributed by atoms with Crippen molar-refractivity contribution >= 4 is 0 Å². The zero-order valence-corrected chi connectivity index (χ0v) is 8.45. The van der Waals surface area contributed by atoms with Crippen LogP contribution in [0.4, 0.5) is 0 Å². The molecule has 2 heteroatoms. The van der Waals surface area contributed by atoms with Gasteiger partial charge in [0.1, 0.15) is 0 Å². The molecule has 14 heavy (non-hydrogen) atoms. The Labute approximate surface area is 85.5 Å². The summed E-state index contributed by atoms with van der Waals surface area (Å²) in [6, 6.07) is 11.1. The molecule has 1 heterocycles. The Morgan fingerprint density at radius 1 is 1.29 bits per heavy atom. The van der Waals surface area contributed by atoms with E-state index in [9.17, 15) is 0 Å². The van der Waals surface area contributed by atoms with Gasteiger partial charge in [0.05, 0.1) is 0 Å². The average molecular weight is 190 g/mol. The van der Waals surface area contributed by atoms with Crippen LogP contribution in [0.1, 0.15) is 24.4 Å². The maximum absolute atomic E-state index is 5.79. The summed E-state index contributed by atoms with van der Waals surface area (Å²) in [5, 5.41) is 3.56. The number of nitrogens with one attached hydrogen (secondary N) is 1. The fourth-order valence-corrected chi connectivity index (χ4v) is 2.26.